The number of aromatic nitrogens is 2. The van der Waals surface area contributed by atoms with Gasteiger partial charge in [-0.25, -0.2) is 14.8 Å². The van der Waals surface area contributed by atoms with E-state index in [2.05, 4.69) is 20.2 Å². The molecule has 0 aromatic carbocycles. The van der Waals surface area contributed by atoms with Crippen LogP contribution in [0.3, 0.4) is 0 Å². The van der Waals surface area contributed by atoms with E-state index < -0.39 is 12.0 Å². The number of carboxylic acid groups (broad SMARTS) is 1. The molecular formula is C16H21N5O3S. The number of hydrogen-bond acceptors (Lipinski definition) is 6. The van der Waals surface area contributed by atoms with Gasteiger partial charge in [-0.15, -0.1) is 11.3 Å². The third-order valence-electron chi connectivity index (χ3n) is 4.51. The fraction of sp³-hybridized carbons (Fsp3) is 0.500. The van der Waals surface area contributed by atoms with Crippen molar-refractivity contribution in [2.24, 2.45) is 11.7 Å². The zero-order valence-electron chi connectivity index (χ0n) is 13.8. The predicted octanol–water partition coefficient (Wildman–Crippen LogP) is 2.05. The smallest absolute Gasteiger partial charge is 0.404 e. The molecule has 134 valence electrons. The van der Waals surface area contributed by atoms with E-state index in [9.17, 15) is 9.59 Å². The number of rotatable bonds is 6. The number of nitrogens with two attached hydrogens (primary N) is 1. The Hall–Kier alpha value is -2.42. The number of primary amides is 1. The van der Waals surface area contributed by atoms with E-state index in [1.54, 1.807) is 6.07 Å². The van der Waals surface area contributed by atoms with Crippen LogP contribution in [0.4, 0.5) is 10.6 Å². The van der Waals surface area contributed by atoms with Crippen molar-refractivity contribution in [3.05, 3.63) is 17.3 Å². The largest absolute Gasteiger partial charge is 0.465 e. The number of piperidine rings is 1. The summed E-state index contributed by atoms with van der Waals surface area (Å²) in [6.45, 7) is 2.30. The van der Waals surface area contributed by atoms with Gasteiger partial charge in [0.2, 0.25) is 0 Å². The first kappa shape index (κ1) is 17.4. The van der Waals surface area contributed by atoms with Crippen LogP contribution in [-0.2, 0) is 0 Å². The minimum Gasteiger partial charge on any atom is -0.465 e. The highest BCUT2D eigenvalue weighted by molar-refractivity contribution is 7.21. The van der Waals surface area contributed by atoms with Crippen LogP contribution in [0.5, 0.6) is 0 Å². The molecule has 1 aliphatic rings. The molecule has 3 rings (SSSR count). The molecule has 0 spiro atoms. The fourth-order valence-electron chi connectivity index (χ4n) is 3.21. The number of anilines is 1. The van der Waals surface area contributed by atoms with Gasteiger partial charge >= 0.3 is 6.09 Å². The second kappa shape index (κ2) is 7.64. The van der Waals surface area contributed by atoms with E-state index in [1.165, 1.54) is 17.7 Å². The molecule has 0 unspecified atom stereocenters. The lowest BCUT2D eigenvalue weighted by Crippen LogP contribution is -2.34. The Kier molecular flexibility index (Phi) is 5.32. The summed E-state index contributed by atoms with van der Waals surface area (Å²) in [5.74, 6) is 1.03. The van der Waals surface area contributed by atoms with Crippen LogP contribution in [0.1, 0.15) is 35.4 Å². The maximum absolute atomic E-state index is 11.4. The van der Waals surface area contributed by atoms with Crippen molar-refractivity contribution >= 4 is 39.4 Å². The SMILES string of the molecule is NC(=O)c1cc2ncnc(N3CCC(CCCNC(=O)O)CC3)c2s1. The maximum Gasteiger partial charge on any atom is 0.404 e. The molecule has 3 heterocycles. The Labute approximate surface area is 149 Å². The molecule has 1 aliphatic heterocycles. The molecule has 0 atom stereocenters. The van der Waals surface area contributed by atoms with Crippen LogP contribution in [0.25, 0.3) is 10.2 Å². The molecule has 8 nitrogen and oxygen atoms in total. The highest BCUT2D eigenvalue weighted by Crippen LogP contribution is 2.33. The van der Waals surface area contributed by atoms with Gasteiger partial charge < -0.3 is 21.1 Å². The van der Waals surface area contributed by atoms with Gasteiger partial charge in [-0.1, -0.05) is 0 Å². The van der Waals surface area contributed by atoms with Crippen molar-refractivity contribution in [3.8, 4) is 0 Å². The second-order valence-corrected chi connectivity index (χ2v) is 7.24. The van der Waals surface area contributed by atoms with E-state index in [1.807, 2.05) is 0 Å². The molecule has 2 aromatic rings. The Bertz CT molecular complexity index is 770. The summed E-state index contributed by atoms with van der Waals surface area (Å²) < 4.78 is 0.903. The number of nitrogens with zero attached hydrogens (tertiary/aromatic N) is 3. The average molecular weight is 363 g/mol. The Morgan fingerprint density at radius 3 is 2.80 bits per heavy atom. The van der Waals surface area contributed by atoms with Crippen molar-refractivity contribution in [2.45, 2.75) is 25.7 Å². The fourth-order valence-corrected chi connectivity index (χ4v) is 4.19. The summed E-state index contributed by atoms with van der Waals surface area (Å²) >= 11 is 1.34. The van der Waals surface area contributed by atoms with Crippen molar-refractivity contribution in [1.82, 2.24) is 15.3 Å². The molecule has 1 saturated heterocycles. The number of fused-ring (bicyclic) bond motifs is 1. The van der Waals surface area contributed by atoms with Gasteiger partial charge in [-0.05, 0) is 37.7 Å². The molecule has 2 aromatic heterocycles. The van der Waals surface area contributed by atoms with Crippen molar-refractivity contribution in [1.29, 1.82) is 0 Å². The normalized spacial score (nSPS) is 15.4. The van der Waals surface area contributed by atoms with Crippen LogP contribution < -0.4 is 16.0 Å². The van der Waals surface area contributed by atoms with Crippen molar-refractivity contribution in [3.63, 3.8) is 0 Å². The van der Waals surface area contributed by atoms with E-state index in [0.29, 0.717) is 17.3 Å². The van der Waals surface area contributed by atoms with Crippen LogP contribution in [0, 0.1) is 5.92 Å². The Balaban J connectivity index is 1.60. The quantitative estimate of drug-likeness (QED) is 0.675. The summed E-state index contributed by atoms with van der Waals surface area (Å²) in [6.07, 6.45) is 4.55. The minimum atomic E-state index is -0.964. The Morgan fingerprint density at radius 1 is 1.36 bits per heavy atom. The zero-order valence-corrected chi connectivity index (χ0v) is 14.6. The second-order valence-electron chi connectivity index (χ2n) is 6.19. The number of thiophene rings is 1. The molecule has 0 bridgehead atoms. The summed E-state index contributed by atoms with van der Waals surface area (Å²) in [6, 6.07) is 1.72. The summed E-state index contributed by atoms with van der Waals surface area (Å²) in [5, 5.41) is 11.0. The molecule has 2 amide bonds. The molecular weight excluding hydrogens is 342 g/mol. The lowest BCUT2D eigenvalue weighted by molar-refractivity contribution is 0.100. The van der Waals surface area contributed by atoms with Gasteiger partial charge in [-0.3, -0.25) is 4.79 Å². The highest BCUT2D eigenvalue weighted by Gasteiger charge is 2.22. The molecule has 4 N–H and O–H groups in total. The molecule has 0 aliphatic carbocycles. The Morgan fingerprint density at radius 2 is 2.12 bits per heavy atom. The van der Waals surface area contributed by atoms with Crippen LogP contribution >= 0.6 is 11.3 Å². The summed E-state index contributed by atoms with van der Waals surface area (Å²) in [7, 11) is 0. The van der Waals surface area contributed by atoms with Crippen LogP contribution in [0.15, 0.2) is 12.4 Å². The summed E-state index contributed by atoms with van der Waals surface area (Å²) in [5.41, 5.74) is 6.12. The number of nitrogens with one attached hydrogen (secondary N) is 1. The van der Waals surface area contributed by atoms with Crippen LogP contribution in [0.2, 0.25) is 0 Å². The van der Waals surface area contributed by atoms with Gasteiger partial charge in [0.1, 0.15) is 12.1 Å². The van der Waals surface area contributed by atoms with E-state index >= 15 is 0 Å². The molecule has 0 radical (unpaired) electrons. The van der Waals surface area contributed by atoms with Gasteiger partial charge in [-0.2, -0.15) is 0 Å². The highest BCUT2D eigenvalue weighted by atomic mass is 32.1. The maximum atomic E-state index is 11.4. The first-order valence-corrected chi connectivity index (χ1v) is 9.12. The minimum absolute atomic E-state index is 0.442. The molecule has 25 heavy (non-hydrogen) atoms. The van der Waals surface area contributed by atoms with E-state index in [-0.39, 0.29) is 0 Å². The van der Waals surface area contributed by atoms with E-state index in [0.717, 1.165) is 54.8 Å². The third kappa shape index (κ3) is 4.16. The average Bonchev–Trinajstić information content (AvgIpc) is 3.04. The van der Waals surface area contributed by atoms with Gasteiger partial charge in [0.05, 0.1) is 15.1 Å². The zero-order chi connectivity index (χ0) is 17.8. The monoisotopic (exact) mass is 363 g/mol. The standard InChI is InChI=1S/C16H21N5O3S/c17-14(22)12-8-11-13(25-12)15(20-9-19-11)21-6-3-10(4-7-21)2-1-5-18-16(23)24/h8-10,18H,1-7H2,(H2,17,22)(H,23,24). The topological polar surface area (TPSA) is 121 Å². The molecule has 1 fully saturated rings. The number of amides is 2. The van der Waals surface area contributed by atoms with E-state index in [4.69, 9.17) is 10.8 Å². The third-order valence-corrected chi connectivity index (χ3v) is 5.65. The lowest BCUT2D eigenvalue weighted by atomic mass is 9.92. The number of hydrogen-bond donors (Lipinski definition) is 3. The number of carbonyl (C=O) groups excluding carboxylic acids is 1. The van der Waals surface area contributed by atoms with Gasteiger partial charge in [0.25, 0.3) is 5.91 Å². The van der Waals surface area contributed by atoms with Gasteiger partial charge in [0.15, 0.2) is 0 Å². The van der Waals surface area contributed by atoms with Gasteiger partial charge in [0, 0.05) is 19.6 Å². The number of carbonyl (C=O) groups is 2. The molecule has 0 saturated carbocycles. The predicted molar refractivity (Wildman–Crippen MR) is 96.1 cm³/mol. The summed E-state index contributed by atoms with van der Waals surface area (Å²) in [4.78, 5) is 33.2. The first-order chi connectivity index (χ1) is 12.0. The van der Waals surface area contributed by atoms with Crippen LogP contribution in [-0.4, -0.2) is 46.7 Å². The van der Waals surface area contributed by atoms with Crippen molar-refractivity contribution in [2.75, 3.05) is 24.5 Å². The first-order valence-electron chi connectivity index (χ1n) is 8.30. The lowest BCUT2D eigenvalue weighted by Gasteiger charge is -2.33. The molecule has 9 heteroatoms. The van der Waals surface area contributed by atoms with Crippen molar-refractivity contribution < 1.29 is 14.7 Å².